The lowest BCUT2D eigenvalue weighted by Gasteiger charge is -2.21. The van der Waals surface area contributed by atoms with E-state index in [4.69, 9.17) is 9.84 Å². The molecule has 0 aromatic carbocycles. The summed E-state index contributed by atoms with van der Waals surface area (Å²) in [6, 6.07) is -0.294. The van der Waals surface area contributed by atoms with Gasteiger partial charge in [0.2, 0.25) is 0 Å². The van der Waals surface area contributed by atoms with Crippen LogP contribution in [0.15, 0.2) is 6.20 Å². The van der Waals surface area contributed by atoms with Crippen LogP contribution in [0.4, 0.5) is 4.79 Å². The van der Waals surface area contributed by atoms with Crippen molar-refractivity contribution in [3.63, 3.8) is 0 Å². The average Bonchev–Trinajstić information content (AvgIpc) is 2.65. The van der Waals surface area contributed by atoms with E-state index >= 15 is 0 Å². The molecule has 1 heterocycles. The van der Waals surface area contributed by atoms with Gasteiger partial charge in [-0.3, -0.25) is 4.68 Å². The van der Waals surface area contributed by atoms with Crippen molar-refractivity contribution < 1.29 is 19.4 Å². The molecule has 1 rings (SSSR count). The molecule has 1 atom stereocenters. The van der Waals surface area contributed by atoms with Crippen LogP contribution >= 0.6 is 22.6 Å². The molecular weight excluding hydrogens is 377 g/mol. The third-order valence-corrected chi connectivity index (χ3v) is 3.10. The van der Waals surface area contributed by atoms with Gasteiger partial charge in [0.15, 0.2) is 5.69 Å². The lowest BCUT2D eigenvalue weighted by molar-refractivity contribution is 0.0520. The summed E-state index contributed by atoms with van der Waals surface area (Å²) in [6.45, 7) is 7.32. The number of carbonyl (C=O) groups excluding carboxylic acids is 1. The van der Waals surface area contributed by atoms with E-state index < -0.39 is 17.7 Å². The average molecular weight is 395 g/mol. The maximum absolute atomic E-state index is 11.5. The van der Waals surface area contributed by atoms with Crippen LogP contribution in [0.3, 0.4) is 0 Å². The van der Waals surface area contributed by atoms with E-state index in [0.29, 0.717) is 3.57 Å². The molecule has 0 radical (unpaired) electrons. The molecule has 0 fully saturated rings. The zero-order valence-electron chi connectivity index (χ0n) is 11.8. The van der Waals surface area contributed by atoms with Gasteiger partial charge < -0.3 is 15.2 Å². The molecule has 0 spiro atoms. The fourth-order valence-corrected chi connectivity index (χ4v) is 2.11. The number of aromatic nitrogens is 2. The van der Waals surface area contributed by atoms with Crippen LogP contribution in [0, 0.1) is 3.57 Å². The standard InChI is InChI=1S/C12H18IN3O4/c1-7(5-14-11(19)20-12(2,3)4)16-9(10(17)18)8(13)6-15-16/h6-7H,5H2,1-4H3,(H,14,19)(H,17,18). The zero-order valence-corrected chi connectivity index (χ0v) is 14.0. The molecule has 1 amide bonds. The first-order valence-corrected chi connectivity index (χ1v) is 7.13. The minimum Gasteiger partial charge on any atom is -0.476 e. The normalized spacial score (nSPS) is 12.8. The van der Waals surface area contributed by atoms with Crippen LogP contribution in [0.1, 0.15) is 44.2 Å². The first kappa shape index (κ1) is 16.7. The highest BCUT2D eigenvalue weighted by atomic mass is 127. The fraction of sp³-hybridized carbons (Fsp3) is 0.583. The lowest BCUT2D eigenvalue weighted by atomic mass is 10.2. The number of carboxylic acid groups (broad SMARTS) is 1. The van der Waals surface area contributed by atoms with Gasteiger partial charge in [-0.1, -0.05) is 0 Å². The number of nitrogens with one attached hydrogen (secondary N) is 1. The summed E-state index contributed by atoms with van der Waals surface area (Å²) in [5, 5.41) is 15.8. The molecule has 7 nitrogen and oxygen atoms in total. The Labute approximate surface area is 130 Å². The minimum atomic E-state index is -1.05. The van der Waals surface area contributed by atoms with Crippen molar-refractivity contribution in [2.75, 3.05) is 6.54 Å². The number of hydrogen-bond acceptors (Lipinski definition) is 4. The molecule has 1 aromatic heterocycles. The molecule has 2 N–H and O–H groups in total. The zero-order chi connectivity index (χ0) is 15.5. The number of ether oxygens (including phenoxy) is 1. The highest BCUT2D eigenvalue weighted by Crippen LogP contribution is 2.16. The fourth-order valence-electron chi connectivity index (χ4n) is 1.51. The van der Waals surface area contributed by atoms with E-state index in [-0.39, 0.29) is 18.3 Å². The topological polar surface area (TPSA) is 93.5 Å². The smallest absolute Gasteiger partial charge is 0.407 e. The van der Waals surface area contributed by atoms with E-state index in [2.05, 4.69) is 10.4 Å². The van der Waals surface area contributed by atoms with Crippen molar-refractivity contribution in [1.29, 1.82) is 0 Å². The number of alkyl carbamates (subject to hydrolysis) is 1. The second kappa shape index (κ2) is 6.42. The highest BCUT2D eigenvalue weighted by molar-refractivity contribution is 14.1. The number of aromatic carboxylic acids is 1. The summed E-state index contributed by atoms with van der Waals surface area (Å²) in [6.07, 6.45) is 0.941. The molecule has 20 heavy (non-hydrogen) atoms. The van der Waals surface area contributed by atoms with Crippen LogP contribution < -0.4 is 5.32 Å². The molecule has 0 saturated heterocycles. The summed E-state index contributed by atoms with van der Waals surface area (Å²) in [5.74, 6) is -1.05. The predicted molar refractivity (Wildman–Crippen MR) is 80.9 cm³/mol. The van der Waals surface area contributed by atoms with Crippen LogP contribution in [0.2, 0.25) is 0 Å². The van der Waals surface area contributed by atoms with Gasteiger partial charge in [0.1, 0.15) is 5.60 Å². The quantitative estimate of drug-likeness (QED) is 0.763. The number of halogens is 1. The second-order valence-corrected chi connectivity index (χ2v) is 6.48. The van der Waals surface area contributed by atoms with Gasteiger partial charge >= 0.3 is 12.1 Å². The van der Waals surface area contributed by atoms with Gasteiger partial charge in [0, 0.05) is 6.54 Å². The highest BCUT2D eigenvalue weighted by Gasteiger charge is 2.21. The molecule has 1 unspecified atom stereocenters. The summed E-state index contributed by atoms with van der Waals surface area (Å²) >= 11 is 1.91. The molecule has 1 aromatic rings. The molecule has 8 heteroatoms. The van der Waals surface area contributed by atoms with Gasteiger partial charge in [-0.2, -0.15) is 5.10 Å². The Kier molecular flexibility index (Phi) is 5.37. The third kappa shape index (κ3) is 4.66. The van der Waals surface area contributed by atoms with Crippen LogP contribution in [0.5, 0.6) is 0 Å². The van der Waals surface area contributed by atoms with Crippen molar-refractivity contribution in [3.8, 4) is 0 Å². The van der Waals surface area contributed by atoms with E-state index in [1.54, 1.807) is 27.7 Å². The maximum Gasteiger partial charge on any atom is 0.407 e. The van der Waals surface area contributed by atoms with E-state index in [0.717, 1.165) is 0 Å². The van der Waals surface area contributed by atoms with Gasteiger partial charge in [-0.05, 0) is 50.3 Å². The third-order valence-electron chi connectivity index (χ3n) is 2.31. The SMILES string of the molecule is CC(CNC(=O)OC(C)(C)C)n1ncc(I)c1C(=O)O. The predicted octanol–water partition coefficient (Wildman–Crippen LogP) is 2.27. The van der Waals surface area contributed by atoms with E-state index in [1.165, 1.54) is 10.9 Å². The van der Waals surface area contributed by atoms with E-state index in [9.17, 15) is 9.59 Å². The van der Waals surface area contributed by atoms with Gasteiger partial charge in [0.25, 0.3) is 0 Å². The molecule has 0 aliphatic heterocycles. The number of nitrogens with zero attached hydrogens (tertiary/aromatic N) is 2. The number of hydrogen-bond donors (Lipinski definition) is 2. The Morgan fingerprint density at radius 3 is 2.65 bits per heavy atom. The minimum absolute atomic E-state index is 0.115. The summed E-state index contributed by atoms with van der Waals surface area (Å²) in [5.41, 5.74) is -0.454. The Hall–Kier alpha value is -1.32. The Bertz CT molecular complexity index is 507. The summed E-state index contributed by atoms with van der Waals surface area (Å²) < 4.78 is 7.04. The Morgan fingerprint density at radius 2 is 2.15 bits per heavy atom. The molecule has 0 saturated carbocycles. The van der Waals surface area contributed by atoms with Gasteiger partial charge in [0.05, 0.1) is 15.8 Å². The van der Waals surface area contributed by atoms with Crippen LogP contribution in [-0.2, 0) is 4.74 Å². The number of carbonyl (C=O) groups is 2. The molecule has 0 bridgehead atoms. The summed E-state index contributed by atoms with van der Waals surface area (Å²) in [4.78, 5) is 22.7. The molecule has 0 aliphatic rings. The number of amides is 1. The van der Waals surface area contributed by atoms with E-state index in [1.807, 2.05) is 22.6 Å². The second-order valence-electron chi connectivity index (χ2n) is 5.32. The Morgan fingerprint density at radius 1 is 1.55 bits per heavy atom. The molecule has 0 aliphatic carbocycles. The number of carboxylic acids is 1. The lowest BCUT2D eigenvalue weighted by Crippen LogP contribution is -2.36. The summed E-state index contributed by atoms with van der Waals surface area (Å²) in [7, 11) is 0. The van der Waals surface area contributed by atoms with Crippen molar-refractivity contribution in [3.05, 3.63) is 15.5 Å². The Balaban J connectivity index is 2.66. The van der Waals surface area contributed by atoms with Crippen LogP contribution in [0.25, 0.3) is 0 Å². The first-order valence-electron chi connectivity index (χ1n) is 6.05. The van der Waals surface area contributed by atoms with Crippen molar-refractivity contribution in [1.82, 2.24) is 15.1 Å². The van der Waals surface area contributed by atoms with Crippen molar-refractivity contribution >= 4 is 34.7 Å². The van der Waals surface area contributed by atoms with Crippen molar-refractivity contribution in [2.45, 2.75) is 39.3 Å². The molecule has 112 valence electrons. The molecular formula is C12H18IN3O4. The number of rotatable bonds is 4. The maximum atomic E-state index is 11.5. The van der Waals surface area contributed by atoms with Crippen molar-refractivity contribution in [2.24, 2.45) is 0 Å². The monoisotopic (exact) mass is 395 g/mol. The van der Waals surface area contributed by atoms with Gasteiger partial charge in [-0.15, -0.1) is 0 Å². The van der Waals surface area contributed by atoms with Gasteiger partial charge in [-0.25, -0.2) is 9.59 Å². The largest absolute Gasteiger partial charge is 0.476 e. The first-order chi connectivity index (χ1) is 9.11. The van der Waals surface area contributed by atoms with Crippen LogP contribution in [-0.4, -0.2) is 39.1 Å².